The minimum atomic E-state index is 0.770. The first-order chi connectivity index (χ1) is 7.29. The fourth-order valence-electron chi connectivity index (χ4n) is 1.60. The zero-order chi connectivity index (χ0) is 10.7. The van der Waals surface area contributed by atoms with E-state index in [4.69, 9.17) is 4.42 Å². The van der Waals surface area contributed by atoms with Gasteiger partial charge in [0.2, 0.25) is 0 Å². The molecule has 0 radical (unpaired) electrons. The summed E-state index contributed by atoms with van der Waals surface area (Å²) in [6.07, 6.45) is 0. The van der Waals surface area contributed by atoms with Crippen LogP contribution in [0.25, 0.3) is 11.3 Å². The smallest absolute Gasteiger partial charge is 0.134 e. The molecule has 0 aliphatic carbocycles. The van der Waals surface area contributed by atoms with E-state index in [2.05, 4.69) is 30.4 Å². The van der Waals surface area contributed by atoms with E-state index in [9.17, 15) is 0 Å². The molecule has 0 spiro atoms. The molecule has 2 heteroatoms. The van der Waals surface area contributed by atoms with Crippen molar-refractivity contribution in [3.63, 3.8) is 0 Å². The number of rotatable bonds is 3. The van der Waals surface area contributed by atoms with E-state index in [0.717, 1.165) is 23.6 Å². The van der Waals surface area contributed by atoms with Gasteiger partial charge < -0.3 is 9.73 Å². The van der Waals surface area contributed by atoms with Gasteiger partial charge in [0.1, 0.15) is 11.5 Å². The Bertz CT molecular complexity index is 445. The summed E-state index contributed by atoms with van der Waals surface area (Å²) in [5.74, 6) is 1.90. The lowest BCUT2D eigenvalue weighted by Gasteiger charge is -1.98. The Kier molecular flexibility index (Phi) is 2.88. The maximum atomic E-state index is 5.70. The van der Waals surface area contributed by atoms with Crippen LogP contribution in [0.15, 0.2) is 40.8 Å². The molecule has 0 aliphatic heterocycles. The first kappa shape index (κ1) is 9.99. The first-order valence-corrected chi connectivity index (χ1v) is 5.10. The first-order valence-electron chi connectivity index (χ1n) is 5.10. The Balaban J connectivity index is 2.29. The van der Waals surface area contributed by atoms with E-state index < -0.39 is 0 Å². The van der Waals surface area contributed by atoms with Crippen molar-refractivity contribution in [2.75, 3.05) is 7.05 Å². The lowest BCUT2D eigenvalue weighted by molar-refractivity contribution is 0.507. The summed E-state index contributed by atoms with van der Waals surface area (Å²) in [6.45, 7) is 2.85. The van der Waals surface area contributed by atoms with E-state index in [1.165, 1.54) is 5.56 Å². The Morgan fingerprint density at radius 2 is 2.07 bits per heavy atom. The average Bonchev–Trinajstić information content (AvgIpc) is 2.67. The SMILES string of the molecule is CNCc1ccc(-c2cccc(C)c2)o1. The Labute approximate surface area is 89.9 Å². The molecule has 1 N–H and O–H groups in total. The van der Waals surface area contributed by atoms with Crippen LogP contribution in [0.4, 0.5) is 0 Å². The van der Waals surface area contributed by atoms with Gasteiger partial charge in [-0.1, -0.05) is 23.8 Å². The Morgan fingerprint density at radius 3 is 2.80 bits per heavy atom. The van der Waals surface area contributed by atoms with Gasteiger partial charge in [0.05, 0.1) is 6.54 Å². The molecule has 1 aromatic carbocycles. The average molecular weight is 201 g/mol. The maximum Gasteiger partial charge on any atom is 0.134 e. The van der Waals surface area contributed by atoms with Crippen molar-refractivity contribution >= 4 is 0 Å². The van der Waals surface area contributed by atoms with Crippen LogP contribution in [0.5, 0.6) is 0 Å². The zero-order valence-electron chi connectivity index (χ0n) is 9.08. The summed E-state index contributed by atoms with van der Waals surface area (Å²) >= 11 is 0. The van der Waals surface area contributed by atoms with Gasteiger partial charge in [0, 0.05) is 5.56 Å². The van der Waals surface area contributed by atoms with E-state index in [1.807, 2.05) is 25.2 Å². The lowest BCUT2D eigenvalue weighted by atomic mass is 10.1. The number of hydrogen-bond donors (Lipinski definition) is 1. The van der Waals surface area contributed by atoms with Gasteiger partial charge in [-0.15, -0.1) is 0 Å². The molecule has 0 bridgehead atoms. The van der Waals surface area contributed by atoms with E-state index in [1.54, 1.807) is 0 Å². The summed E-state index contributed by atoms with van der Waals surface area (Å²) in [7, 11) is 1.91. The maximum absolute atomic E-state index is 5.70. The number of hydrogen-bond acceptors (Lipinski definition) is 2. The van der Waals surface area contributed by atoms with Gasteiger partial charge in [0.25, 0.3) is 0 Å². The van der Waals surface area contributed by atoms with Crippen LogP contribution < -0.4 is 5.32 Å². The van der Waals surface area contributed by atoms with Crippen molar-refractivity contribution in [1.29, 1.82) is 0 Å². The quantitative estimate of drug-likeness (QED) is 0.825. The van der Waals surface area contributed by atoms with Crippen LogP contribution in [0, 0.1) is 6.92 Å². The van der Waals surface area contributed by atoms with Crippen molar-refractivity contribution in [2.45, 2.75) is 13.5 Å². The molecule has 0 saturated carbocycles. The molecule has 1 heterocycles. The van der Waals surface area contributed by atoms with E-state index in [-0.39, 0.29) is 0 Å². The van der Waals surface area contributed by atoms with Crippen molar-refractivity contribution < 1.29 is 4.42 Å². The molecule has 1 aromatic heterocycles. The van der Waals surface area contributed by atoms with Crippen molar-refractivity contribution in [2.24, 2.45) is 0 Å². The Hall–Kier alpha value is -1.54. The molecular weight excluding hydrogens is 186 g/mol. The van der Waals surface area contributed by atoms with Gasteiger partial charge >= 0.3 is 0 Å². The summed E-state index contributed by atoms with van der Waals surface area (Å²) in [5, 5.41) is 3.07. The Morgan fingerprint density at radius 1 is 1.20 bits per heavy atom. The van der Waals surface area contributed by atoms with Crippen LogP contribution in [0.2, 0.25) is 0 Å². The van der Waals surface area contributed by atoms with Gasteiger partial charge in [-0.2, -0.15) is 0 Å². The highest BCUT2D eigenvalue weighted by Crippen LogP contribution is 2.22. The monoisotopic (exact) mass is 201 g/mol. The molecule has 2 aromatic rings. The van der Waals surface area contributed by atoms with Crippen LogP contribution in [-0.2, 0) is 6.54 Å². The molecule has 2 rings (SSSR count). The minimum absolute atomic E-state index is 0.770. The molecule has 0 aliphatic rings. The number of aryl methyl sites for hydroxylation is 1. The molecule has 0 saturated heterocycles. The van der Waals surface area contributed by atoms with Gasteiger partial charge in [-0.25, -0.2) is 0 Å². The highest BCUT2D eigenvalue weighted by molar-refractivity contribution is 5.58. The fraction of sp³-hybridized carbons (Fsp3) is 0.231. The van der Waals surface area contributed by atoms with Crippen molar-refractivity contribution in [1.82, 2.24) is 5.32 Å². The second-order valence-corrected chi connectivity index (χ2v) is 3.67. The van der Waals surface area contributed by atoms with Crippen LogP contribution >= 0.6 is 0 Å². The highest BCUT2D eigenvalue weighted by atomic mass is 16.3. The normalized spacial score (nSPS) is 10.5. The summed E-state index contributed by atoms with van der Waals surface area (Å²) in [5.41, 5.74) is 2.39. The molecule has 15 heavy (non-hydrogen) atoms. The predicted molar refractivity (Wildman–Crippen MR) is 61.6 cm³/mol. The molecule has 0 unspecified atom stereocenters. The van der Waals surface area contributed by atoms with Gasteiger partial charge in [-0.05, 0) is 32.2 Å². The summed E-state index contributed by atoms with van der Waals surface area (Å²) < 4.78 is 5.70. The minimum Gasteiger partial charge on any atom is -0.460 e. The molecule has 0 atom stereocenters. The van der Waals surface area contributed by atoms with Crippen LogP contribution in [0.3, 0.4) is 0 Å². The molecule has 2 nitrogen and oxygen atoms in total. The number of furan rings is 1. The second-order valence-electron chi connectivity index (χ2n) is 3.67. The lowest BCUT2D eigenvalue weighted by Crippen LogP contribution is -2.03. The standard InChI is InChI=1S/C13H15NO/c1-10-4-3-5-11(8-10)13-7-6-12(15-13)9-14-2/h3-8,14H,9H2,1-2H3. The summed E-state index contributed by atoms with van der Waals surface area (Å²) in [6, 6.07) is 12.3. The third-order valence-electron chi connectivity index (χ3n) is 2.32. The van der Waals surface area contributed by atoms with E-state index >= 15 is 0 Å². The predicted octanol–water partition coefficient (Wildman–Crippen LogP) is 2.97. The molecule has 0 amide bonds. The fourth-order valence-corrected chi connectivity index (χ4v) is 1.60. The number of benzene rings is 1. The van der Waals surface area contributed by atoms with Gasteiger partial charge in [-0.3, -0.25) is 0 Å². The summed E-state index contributed by atoms with van der Waals surface area (Å²) in [4.78, 5) is 0. The van der Waals surface area contributed by atoms with E-state index in [0.29, 0.717) is 0 Å². The zero-order valence-corrected chi connectivity index (χ0v) is 9.08. The third-order valence-corrected chi connectivity index (χ3v) is 2.32. The molecule has 0 fully saturated rings. The number of nitrogens with one attached hydrogen (secondary N) is 1. The molecular formula is C13H15NO. The van der Waals surface area contributed by atoms with Crippen molar-refractivity contribution in [3.8, 4) is 11.3 Å². The van der Waals surface area contributed by atoms with Crippen LogP contribution in [0.1, 0.15) is 11.3 Å². The second kappa shape index (κ2) is 4.32. The van der Waals surface area contributed by atoms with Crippen molar-refractivity contribution in [3.05, 3.63) is 47.7 Å². The largest absolute Gasteiger partial charge is 0.460 e. The molecule has 78 valence electrons. The van der Waals surface area contributed by atoms with Gasteiger partial charge in [0.15, 0.2) is 0 Å². The third kappa shape index (κ3) is 2.28. The van der Waals surface area contributed by atoms with Crippen LogP contribution in [-0.4, -0.2) is 7.05 Å². The topological polar surface area (TPSA) is 25.2 Å². The highest BCUT2D eigenvalue weighted by Gasteiger charge is 2.03.